The highest BCUT2D eigenvalue weighted by molar-refractivity contribution is 7.98. The molecule has 5 nitrogen and oxygen atoms in total. The second kappa shape index (κ2) is 9.28. The second-order valence-electron chi connectivity index (χ2n) is 6.31. The molecule has 28 heavy (non-hydrogen) atoms. The Morgan fingerprint density at radius 1 is 1.00 bits per heavy atom. The van der Waals surface area contributed by atoms with Crippen LogP contribution in [0.1, 0.15) is 24.2 Å². The molecule has 0 saturated heterocycles. The molecule has 3 aromatic rings. The van der Waals surface area contributed by atoms with Gasteiger partial charge in [-0.25, -0.2) is 4.98 Å². The molecule has 0 aliphatic carbocycles. The summed E-state index contributed by atoms with van der Waals surface area (Å²) in [4.78, 5) is 18.0. The summed E-state index contributed by atoms with van der Waals surface area (Å²) in [6.45, 7) is 3.87. The average molecular weight is 394 g/mol. The van der Waals surface area contributed by atoms with Gasteiger partial charge in [0, 0.05) is 22.7 Å². The van der Waals surface area contributed by atoms with Gasteiger partial charge in [0.05, 0.1) is 6.10 Å². The molecule has 6 heteroatoms. The SMILES string of the molecule is CSc1ccc(Oc2cc(OC(C)C)cc(C(=O)Nc3ccccn3)c2)cc1. The predicted molar refractivity (Wildman–Crippen MR) is 113 cm³/mol. The first kappa shape index (κ1) is 19.8. The van der Waals surface area contributed by atoms with Gasteiger partial charge >= 0.3 is 0 Å². The molecule has 2 aromatic carbocycles. The Hall–Kier alpha value is -2.99. The van der Waals surface area contributed by atoms with Crippen LogP contribution in [0.25, 0.3) is 0 Å². The Bertz CT molecular complexity index is 928. The summed E-state index contributed by atoms with van der Waals surface area (Å²) in [5.41, 5.74) is 0.430. The number of thioether (sulfide) groups is 1. The number of hydrogen-bond donors (Lipinski definition) is 1. The zero-order valence-electron chi connectivity index (χ0n) is 16.0. The summed E-state index contributed by atoms with van der Waals surface area (Å²) < 4.78 is 11.7. The van der Waals surface area contributed by atoms with Gasteiger partial charge in [-0.15, -0.1) is 11.8 Å². The highest BCUT2D eigenvalue weighted by Gasteiger charge is 2.13. The van der Waals surface area contributed by atoms with Crippen LogP contribution in [0.3, 0.4) is 0 Å². The Labute approximate surface area is 169 Å². The molecule has 144 valence electrons. The van der Waals surface area contributed by atoms with Crippen LogP contribution < -0.4 is 14.8 Å². The molecule has 1 amide bonds. The lowest BCUT2D eigenvalue weighted by molar-refractivity contribution is 0.102. The maximum absolute atomic E-state index is 12.7. The molecule has 0 radical (unpaired) electrons. The summed E-state index contributed by atoms with van der Waals surface area (Å²) in [6, 6.07) is 18.3. The van der Waals surface area contributed by atoms with Crippen molar-refractivity contribution in [1.29, 1.82) is 0 Å². The first-order chi connectivity index (χ1) is 13.5. The lowest BCUT2D eigenvalue weighted by atomic mass is 10.2. The quantitative estimate of drug-likeness (QED) is 0.526. The van der Waals surface area contributed by atoms with Crippen LogP contribution in [0.15, 0.2) is 71.8 Å². The third kappa shape index (κ3) is 5.50. The van der Waals surface area contributed by atoms with E-state index in [0.29, 0.717) is 28.6 Å². The number of rotatable bonds is 7. The van der Waals surface area contributed by atoms with E-state index in [0.717, 1.165) is 4.90 Å². The smallest absolute Gasteiger partial charge is 0.257 e. The average Bonchev–Trinajstić information content (AvgIpc) is 2.68. The minimum Gasteiger partial charge on any atom is -0.491 e. The maximum Gasteiger partial charge on any atom is 0.257 e. The fourth-order valence-corrected chi connectivity index (χ4v) is 2.92. The van der Waals surface area contributed by atoms with Gasteiger partial charge < -0.3 is 14.8 Å². The number of carbonyl (C=O) groups is 1. The van der Waals surface area contributed by atoms with Crippen LogP contribution in [-0.4, -0.2) is 23.3 Å². The topological polar surface area (TPSA) is 60.5 Å². The zero-order chi connectivity index (χ0) is 19.9. The largest absolute Gasteiger partial charge is 0.491 e. The van der Waals surface area contributed by atoms with Crippen molar-refractivity contribution in [2.75, 3.05) is 11.6 Å². The van der Waals surface area contributed by atoms with Crippen LogP contribution >= 0.6 is 11.8 Å². The molecule has 0 aliphatic rings. The summed E-state index contributed by atoms with van der Waals surface area (Å²) in [5.74, 6) is 1.99. The van der Waals surface area contributed by atoms with Gasteiger partial charge in [-0.05, 0) is 68.6 Å². The first-order valence-corrected chi connectivity index (χ1v) is 10.1. The molecule has 0 saturated carbocycles. The molecular formula is C22H22N2O3S. The van der Waals surface area contributed by atoms with Gasteiger partial charge in [0.1, 0.15) is 23.1 Å². The standard InChI is InChI=1S/C22H22N2O3S/c1-15(2)26-18-12-16(22(25)24-21-6-4-5-11-23-21)13-19(14-18)27-17-7-9-20(28-3)10-8-17/h4-15H,1-3H3,(H,23,24,25). The van der Waals surface area contributed by atoms with Crippen molar-refractivity contribution in [3.05, 3.63) is 72.4 Å². The maximum atomic E-state index is 12.7. The number of nitrogens with one attached hydrogen (secondary N) is 1. The lowest BCUT2D eigenvalue weighted by Crippen LogP contribution is -2.14. The van der Waals surface area contributed by atoms with Crippen molar-refractivity contribution in [2.45, 2.75) is 24.8 Å². The van der Waals surface area contributed by atoms with Crippen LogP contribution in [0.2, 0.25) is 0 Å². The lowest BCUT2D eigenvalue weighted by Gasteiger charge is -2.14. The number of anilines is 1. The molecule has 1 aromatic heterocycles. The van der Waals surface area contributed by atoms with Gasteiger partial charge in [0.15, 0.2) is 0 Å². The molecule has 0 fully saturated rings. The fourth-order valence-electron chi connectivity index (χ4n) is 2.51. The number of benzene rings is 2. The third-order valence-electron chi connectivity index (χ3n) is 3.72. The van der Waals surface area contributed by atoms with Gasteiger partial charge in [0.25, 0.3) is 5.91 Å². The van der Waals surface area contributed by atoms with Gasteiger partial charge in [-0.1, -0.05) is 6.07 Å². The number of nitrogens with zero attached hydrogens (tertiary/aromatic N) is 1. The second-order valence-corrected chi connectivity index (χ2v) is 7.19. The Morgan fingerprint density at radius 3 is 2.39 bits per heavy atom. The minimum absolute atomic E-state index is 0.0252. The summed E-state index contributed by atoms with van der Waals surface area (Å²) in [6.07, 6.45) is 3.62. The van der Waals surface area contributed by atoms with Crippen molar-refractivity contribution in [1.82, 2.24) is 4.98 Å². The number of amides is 1. The van der Waals surface area contributed by atoms with E-state index in [2.05, 4.69) is 10.3 Å². The van der Waals surface area contributed by atoms with Crippen molar-refractivity contribution in [3.8, 4) is 17.2 Å². The first-order valence-electron chi connectivity index (χ1n) is 8.89. The van der Waals surface area contributed by atoms with Gasteiger partial charge in [0.2, 0.25) is 0 Å². The summed E-state index contributed by atoms with van der Waals surface area (Å²) >= 11 is 1.67. The molecule has 0 aliphatic heterocycles. The van der Waals surface area contributed by atoms with Gasteiger partial charge in [-0.3, -0.25) is 4.79 Å². The van der Waals surface area contributed by atoms with Crippen molar-refractivity contribution in [2.24, 2.45) is 0 Å². The van der Waals surface area contributed by atoms with Crippen molar-refractivity contribution in [3.63, 3.8) is 0 Å². The van der Waals surface area contributed by atoms with E-state index >= 15 is 0 Å². The van der Waals surface area contributed by atoms with Crippen molar-refractivity contribution < 1.29 is 14.3 Å². The molecule has 0 atom stereocenters. The Kier molecular flexibility index (Phi) is 6.55. The van der Waals surface area contributed by atoms with E-state index in [1.165, 1.54) is 0 Å². The van der Waals surface area contributed by atoms with E-state index in [9.17, 15) is 4.79 Å². The zero-order valence-corrected chi connectivity index (χ0v) is 16.8. The number of ether oxygens (including phenoxy) is 2. The number of carbonyl (C=O) groups excluding carboxylic acids is 1. The number of aromatic nitrogens is 1. The Balaban J connectivity index is 1.86. The monoisotopic (exact) mass is 394 g/mol. The number of hydrogen-bond acceptors (Lipinski definition) is 5. The van der Waals surface area contributed by atoms with Gasteiger partial charge in [-0.2, -0.15) is 0 Å². The van der Waals surface area contributed by atoms with E-state index < -0.39 is 0 Å². The van der Waals surface area contributed by atoms with Crippen LogP contribution in [0.5, 0.6) is 17.2 Å². The van der Waals surface area contributed by atoms with Crippen LogP contribution in [-0.2, 0) is 0 Å². The molecule has 0 bridgehead atoms. The molecule has 1 heterocycles. The van der Waals surface area contributed by atoms with E-state index in [1.54, 1.807) is 48.3 Å². The normalized spacial score (nSPS) is 10.6. The van der Waals surface area contributed by atoms with E-state index in [1.807, 2.05) is 50.4 Å². The van der Waals surface area contributed by atoms with E-state index in [-0.39, 0.29) is 12.0 Å². The molecule has 3 rings (SSSR count). The van der Waals surface area contributed by atoms with Crippen molar-refractivity contribution >= 4 is 23.5 Å². The predicted octanol–water partition coefficient (Wildman–Crippen LogP) is 5.64. The summed E-state index contributed by atoms with van der Waals surface area (Å²) in [5, 5.41) is 2.78. The third-order valence-corrected chi connectivity index (χ3v) is 4.46. The molecule has 0 spiro atoms. The van der Waals surface area contributed by atoms with Crippen LogP contribution in [0, 0.1) is 0 Å². The summed E-state index contributed by atoms with van der Waals surface area (Å²) in [7, 11) is 0. The Morgan fingerprint density at radius 2 is 1.75 bits per heavy atom. The number of pyridine rings is 1. The highest BCUT2D eigenvalue weighted by Crippen LogP contribution is 2.29. The fraction of sp³-hybridized carbons (Fsp3) is 0.182. The van der Waals surface area contributed by atoms with E-state index in [4.69, 9.17) is 9.47 Å². The molecular weight excluding hydrogens is 372 g/mol. The highest BCUT2D eigenvalue weighted by atomic mass is 32.2. The molecule has 1 N–H and O–H groups in total. The molecule has 0 unspecified atom stereocenters. The minimum atomic E-state index is -0.282. The van der Waals surface area contributed by atoms with Crippen LogP contribution in [0.4, 0.5) is 5.82 Å².